The first-order valence-electron chi connectivity index (χ1n) is 10.2. The molecule has 1 aliphatic rings. The van der Waals surface area contributed by atoms with Crippen molar-refractivity contribution in [2.24, 2.45) is 0 Å². The minimum absolute atomic E-state index is 0.148. The van der Waals surface area contributed by atoms with Crippen LogP contribution in [0.3, 0.4) is 0 Å². The fourth-order valence-electron chi connectivity index (χ4n) is 3.78. The number of rotatable bonds is 4. The zero-order valence-electron chi connectivity index (χ0n) is 17.2. The predicted molar refractivity (Wildman–Crippen MR) is 121 cm³/mol. The third-order valence-electron chi connectivity index (χ3n) is 5.42. The number of hydrogen-bond acceptors (Lipinski definition) is 4. The van der Waals surface area contributed by atoms with Crippen molar-refractivity contribution in [1.29, 1.82) is 0 Å². The largest absolute Gasteiger partial charge is 0.457 e. The quantitative estimate of drug-likeness (QED) is 0.331. The van der Waals surface area contributed by atoms with Gasteiger partial charge in [-0.05, 0) is 60.5 Å². The highest BCUT2D eigenvalue weighted by Crippen LogP contribution is 2.34. The van der Waals surface area contributed by atoms with Gasteiger partial charge in [-0.15, -0.1) is 11.3 Å². The van der Waals surface area contributed by atoms with E-state index in [9.17, 15) is 18.0 Å². The first-order valence-corrected chi connectivity index (χ1v) is 11.1. The first-order chi connectivity index (χ1) is 15.9. The molecule has 0 unspecified atom stereocenters. The molecule has 1 aliphatic heterocycles. The van der Waals surface area contributed by atoms with Gasteiger partial charge in [0.05, 0.1) is 5.56 Å². The van der Waals surface area contributed by atoms with Crippen LogP contribution in [0.15, 0.2) is 78.3 Å². The SMILES string of the molecule is O=C1c2cc(Oc3ccc(C(F)(F)F)cc3)ccc2CCN1c1cccc(-c2nccs2)c1. The molecule has 0 bridgehead atoms. The van der Waals surface area contributed by atoms with E-state index in [0.717, 1.165) is 34.0 Å². The summed E-state index contributed by atoms with van der Waals surface area (Å²) < 4.78 is 44.0. The summed E-state index contributed by atoms with van der Waals surface area (Å²) in [7, 11) is 0. The molecule has 0 radical (unpaired) electrons. The molecule has 1 amide bonds. The number of ether oxygens (including phenoxy) is 1. The Morgan fingerprint density at radius 1 is 0.970 bits per heavy atom. The molecule has 0 N–H and O–H groups in total. The van der Waals surface area contributed by atoms with Crippen LogP contribution in [-0.4, -0.2) is 17.4 Å². The molecular formula is C25H17F3N2O2S. The average molecular weight is 466 g/mol. The van der Waals surface area contributed by atoms with Gasteiger partial charge in [-0.2, -0.15) is 13.2 Å². The molecule has 4 nitrogen and oxygen atoms in total. The molecule has 4 aromatic rings. The standard InChI is InChI=1S/C25H17F3N2O2S/c26-25(27,28)18-5-8-20(9-6-18)32-21-7-4-16-10-12-30(24(31)22(16)15-21)19-3-1-2-17(14-19)23-29-11-13-33-23/h1-9,11,13-15H,10,12H2. The number of aromatic nitrogens is 1. The minimum atomic E-state index is -4.41. The zero-order chi connectivity index (χ0) is 23.0. The lowest BCUT2D eigenvalue weighted by atomic mass is 9.98. The van der Waals surface area contributed by atoms with Gasteiger partial charge in [-0.25, -0.2) is 4.98 Å². The molecule has 2 heterocycles. The van der Waals surface area contributed by atoms with Crippen LogP contribution in [0.1, 0.15) is 21.5 Å². The number of alkyl halides is 3. The number of hydrogen-bond donors (Lipinski definition) is 0. The topological polar surface area (TPSA) is 42.4 Å². The molecule has 166 valence electrons. The third-order valence-corrected chi connectivity index (χ3v) is 6.24. The van der Waals surface area contributed by atoms with Crippen LogP contribution in [0, 0.1) is 0 Å². The van der Waals surface area contributed by atoms with Gasteiger partial charge in [0.25, 0.3) is 5.91 Å². The van der Waals surface area contributed by atoms with E-state index >= 15 is 0 Å². The smallest absolute Gasteiger partial charge is 0.416 e. The molecule has 0 atom stereocenters. The summed E-state index contributed by atoms with van der Waals surface area (Å²) in [6.07, 6.45) is -1.98. The summed E-state index contributed by atoms with van der Waals surface area (Å²) in [5.74, 6) is 0.505. The fourth-order valence-corrected chi connectivity index (χ4v) is 4.42. The molecule has 3 aromatic carbocycles. The molecule has 0 saturated carbocycles. The lowest BCUT2D eigenvalue weighted by molar-refractivity contribution is -0.137. The number of carbonyl (C=O) groups is 1. The Hall–Kier alpha value is -3.65. The second-order valence-electron chi connectivity index (χ2n) is 7.54. The Balaban J connectivity index is 1.39. The first kappa shape index (κ1) is 21.2. The molecule has 8 heteroatoms. The highest BCUT2D eigenvalue weighted by molar-refractivity contribution is 7.13. The number of halogens is 3. The van der Waals surface area contributed by atoms with Gasteiger partial charge in [-0.1, -0.05) is 18.2 Å². The van der Waals surface area contributed by atoms with Crippen LogP contribution >= 0.6 is 11.3 Å². The summed E-state index contributed by atoms with van der Waals surface area (Å²) in [6, 6.07) is 17.4. The molecular weight excluding hydrogens is 449 g/mol. The van der Waals surface area contributed by atoms with Crippen molar-refractivity contribution in [2.75, 3.05) is 11.4 Å². The van der Waals surface area contributed by atoms with Crippen molar-refractivity contribution in [1.82, 2.24) is 4.98 Å². The van der Waals surface area contributed by atoms with E-state index in [4.69, 9.17) is 4.74 Å². The summed E-state index contributed by atoms with van der Waals surface area (Å²) in [6.45, 7) is 0.548. The van der Waals surface area contributed by atoms with E-state index in [0.29, 0.717) is 24.3 Å². The van der Waals surface area contributed by atoms with Crippen molar-refractivity contribution < 1.29 is 22.7 Å². The number of benzene rings is 3. The second-order valence-corrected chi connectivity index (χ2v) is 8.43. The van der Waals surface area contributed by atoms with Crippen molar-refractivity contribution in [3.63, 3.8) is 0 Å². The van der Waals surface area contributed by atoms with Crippen LogP contribution in [0.2, 0.25) is 0 Å². The predicted octanol–water partition coefficient (Wildman–Crippen LogP) is 6.82. The molecule has 0 spiro atoms. The Kier molecular flexibility index (Phi) is 5.38. The molecule has 1 aromatic heterocycles. The number of nitrogens with zero attached hydrogens (tertiary/aromatic N) is 2. The van der Waals surface area contributed by atoms with Gasteiger partial charge < -0.3 is 9.64 Å². The zero-order valence-corrected chi connectivity index (χ0v) is 18.0. The summed E-state index contributed by atoms with van der Waals surface area (Å²) in [4.78, 5) is 19.4. The van der Waals surface area contributed by atoms with Crippen LogP contribution in [0.4, 0.5) is 18.9 Å². The summed E-state index contributed by atoms with van der Waals surface area (Å²) >= 11 is 1.53. The Bertz CT molecular complexity index is 1300. The van der Waals surface area contributed by atoms with E-state index in [1.54, 1.807) is 23.2 Å². The highest BCUT2D eigenvalue weighted by atomic mass is 32.1. The molecule has 33 heavy (non-hydrogen) atoms. The Labute approximate surface area is 191 Å². The number of amides is 1. The van der Waals surface area contributed by atoms with Crippen LogP contribution in [0.25, 0.3) is 10.6 Å². The average Bonchev–Trinajstić information content (AvgIpc) is 3.35. The van der Waals surface area contributed by atoms with E-state index in [2.05, 4.69) is 4.98 Å². The maximum Gasteiger partial charge on any atom is 0.416 e. The fraction of sp³-hybridized carbons (Fsp3) is 0.120. The van der Waals surface area contributed by atoms with E-state index in [1.807, 2.05) is 35.7 Å². The minimum Gasteiger partial charge on any atom is -0.457 e. The lowest BCUT2D eigenvalue weighted by Crippen LogP contribution is -2.37. The second kappa shape index (κ2) is 8.37. The van der Waals surface area contributed by atoms with Gasteiger partial charge in [-0.3, -0.25) is 4.79 Å². The van der Waals surface area contributed by atoms with E-state index < -0.39 is 11.7 Å². The van der Waals surface area contributed by atoms with Crippen LogP contribution in [-0.2, 0) is 12.6 Å². The Morgan fingerprint density at radius 2 is 1.76 bits per heavy atom. The maximum absolute atomic E-state index is 13.3. The van der Waals surface area contributed by atoms with Crippen molar-refractivity contribution in [3.05, 3.63) is 95.0 Å². The highest BCUT2D eigenvalue weighted by Gasteiger charge is 2.30. The van der Waals surface area contributed by atoms with Gasteiger partial charge in [0.15, 0.2) is 0 Å². The molecule has 0 aliphatic carbocycles. The van der Waals surface area contributed by atoms with Gasteiger partial charge in [0, 0.05) is 34.9 Å². The van der Waals surface area contributed by atoms with Gasteiger partial charge in [0.1, 0.15) is 16.5 Å². The number of fused-ring (bicyclic) bond motifs is 1. The van der Waals surface area contributed by atoms with Crippen molar-refractivity contribution in [3.8, 4) is 22.1 Å². The molecule has 5 rings (SSSR count). The summed E-state index contributed by atoms with van der Waals surface area (Å²) in [5, 5.41) is 2.79. The normalized spacial score (nSPS) is 13.7. The monoisotopic (exact) mass is 466 g/mol. The van der Waals surface area contributed by atoms with Gasteiger partial charge >= 0.3 is 6.18 Å². The number of anilines is 1. The van der Waals surface area contributed by atoms with Crippen LogP contribution < -0.4 is 9.64 Å². The van der Waals surface area contributed by atoms with E-state index in [-0.39, 0.29) is 11.7 Å². The molecule has 0 fully saturated rings. The van der Waals surface area contributed by atoms with E-state index in [1.165, 1.54) is 23.5 Å². The van der Waals surface area contributed by atoms with Crippen molar-refractivity contribution in [2.45, 2.75) is 12.6 Å². The van der Waals surface area contributed by atoms with Crippen molar-refractivity contribution >= 4 is 22.9 Å². The Morgan fingerprint density at radius 3 is 2.48 bits per heavy atom. The molecule has 0 saturated heterocycles. The number of carbonyl (C=O) groups excluding carboxylic acids is 1. The lowest BCUT2D eigenvalue weighted by Gasteiger charge is -2.29. The number of thiazole rings is 1. The van der Waals surface area contributed by atoms with Gasteiger partial charge in [0.2, 0.25) is 0 Å². The maximum atomic E-state index is 13.3. The third kappa shape index (κ3) is 4.34. The summed E-state index contributed by atoms with van der Waals surface area (Å²) in [5.41, 5.74) is 2.41. The van der Waals surface area contributed by atoms with Crippen LogP contribution in [0.5, 0.6) is 11.5 Å².